The number of thiazole rings is 1. The Hall–Kier alpha value is -4.57. The zero-order valence-corrected chi connectivity index (χ0v) is 22.7. The molecule has 1 saturated heterocycles. The van der Waals surface area contributed by atoms with Crippen molar-refractivity contribution in [1.29, 1.82) is 0 Å². The van der Waals surface area contributed by atoms with E-state index in [1.165, 1.54) is 29.7 Å². The summed E-state index contributed by atoms with van der Waals surface area (Å²) in [6, 6.07) is -1.12. The van der Waals surface area contributed by atoms with Gasteiger partial charge in [-0.25, -0.2) is 29.4 Å². The molecule has 2 aliphatic rings. The van der Waals surface area contributed by atoms with Crippen molar-refractivity contribution in [2.75, 3.05) is 45.3 Å². The maximum Gasteiger partial charge on any atom is 0.413 e. The summed E-state index contributed by atoms with van der Waals surface area (Å²) >= 11 is 1.00. The van der Waals surface area contributed by atoms with Gasteiger partial charge in [0.05, 0.1) is 18.7 Å². The summed E-state index contributed by atoms with van der Waals surface area (Å²) in [6.45, 7) is 8.56. The molecule has 1 aromatic heterocycles. The van der Waals surface area contributed by atoms with Gasteiger partial charge in [-0.3, -0.25) is 14.9 Å². The van der Waals surface area contributed by atoms with Crippen LogP contribution in [0, 0.1) is 0 Å². The summed E-state index contributed by atoms with van der Waals surface area (Å²) in [5.74, 6) is -3.15. The molecule has 0 saturated carbocycles. The van der Waals surface area contributed by atoms with Gasteiger partial charge in [-0.2, -0.15) is 0 Å². The third kappa shape index (κ3) is 6.89. The molecule has 2 N–H and O–H groups in total. The summed E-state index contributed by atoms with van der Waals surface area (Å²) in [7, 11) is 1.22. The molecule has 15 nitrogen and oxygen atoms in total. The van der Waals surface area contributed by atoms with Crippen LogP contribution in [0.4, 0.5) is 9.93 Å². The van der Waals surface area contributed by atoms with Gasteiger partial charge in [0.25, 0.3) is 11.8 Å². The average molecular weight is 577 g/mol. The fourth-order valence-electron chi connectivity index (χ4n) is 3.61. The molecule has 40 heavy (non-hydrogen) atoms. The number of nitrogens with one attached hydrogen (secondary N) is 2. The molecule has 0 unspecified atom stereocenters. The molecule has 2 aliphatic heterocycles. The number of amides is 3. The van der Waals surface area contributed by atoms with Gasteiger partial charge in [-0.1, -0.05) is 37.4 Å². The Labute approximate surface area is 233 Å². The first-order chi connectivity index (χ1) is 19.2. The standard InChI is InChI=1S/C24H28N6O9S/c1-5-8-37-21(33)14-11-29-12-15(20(32)30(29)18(14)22(34)38-9-6-2)25-19(31)17(28-36-4)16-13-40-23(26-16)27-24(35)39-10-7-3/h6-7,13,15H,2-3,5,8-12H2,1,4H3,(H,25,31)(H,26,27,35)/b28-17-/t15-/m0/s1. The van der Waals surface area contributed by atoms with Gasteiger partial charge in [0, 0.05) is 11.9 Å². The minimum Gasteiger partial charge on any atom is -0.462 e. The lowest BCUT2D eigenvalue weighted by Crippen LogP contribution is -2.46. The van der Waals surface area contributed by atoms with E-state index in [1.54, 1.807) is 0 Å². The van der Waals surface area contributed by atoms with Crippen molar-refractivity contribution >= 4 is 52.0 Å². The summed E-state index contributed by atoms with van der Waals surface area (Å²) < 4.78 is 15.1. The molecule has 0 spiro atoms. The topological polar surface area (TPSA) is 178 Å². The summed E-state index contributed by atoms with van der Waals surface area (Å²) in [4.78, 5) is 72.5. The van der Waals surface area contributed by atoms with Gasteiger partial charge in [-0.05, 0) is 6.42 Å². The predicted octanol–water partition coefficient (Wildman–Crippen LogP) is 0.722. The Bertz CT molecular complexity index is 1260. The van der Waals surface area contributed by atoms with Gasteiger partial charge in [0.2, 0.25) is 0 Å². The van der Waals surface area contributed by atoms with Crippen molar-refractivity contribution in [2.45, 2.75) is 19.4 Å². The third-order valence-electron chi connectivity index (χ3n) is 5.22. The first-order valence-corrected chi connectivity index (χ1v) is 12.8. The maximum atomic E-state index is 13.3. The van der Waals surface area contributed by atoms with Gasteiger partial charge < -0.3 is 24.4 Å². The number of rotatable bonds is 13. The van der Waals surface area contributed by atoms with Crippen LogP contribution in [-0.2, 0) is 38.2 Å². The highest BCUT2D eigenvalue weighted by atomic mass is 32.1. The van der Waals surface area contributed by atoms with Crippen LogP contribution in [0.15, 0.2) is 47.1 Å². The van der Waals surface area contributed by atoms with Crippen LogP contribution in [-0.4, -0.2) is 96.6 Å². The number of fused-ring (bicyclic) bond motifs is 1. The van der Waals surface area contributed by atoms with E-state index in [2.05, 4.69) is 33.9 Å². The Morgan fingerprint density at radius 1 is 1.18 bits per heavy atom. The SMILES string of the molecule is C=CCOC(=O)Nc1nc(/C(=N/OC)C(=O)N[C@H]2CN3CC(C(=O)OCCC)=C(C(=O)OCC=C)N3C2=O)cs1. The smallest absolute Gasteiger partial charge is 0.413 e. The van der Waals surface area contributed by atoms with Crippen LogP contribution >= 0.6 is 11.3 Å². The van der Waals surface area contributed by atoms with Crippen LogP contribution in [0.5, 0.6) is 0 Å². The molecule has 1 aromatic rings. The number of hydrogen-bond donors (Lipinski definition) is 2. The first-order valence-electron chi connectivity index (χ1n) is 11.9. The lowest BCUT2D eigenvalue weighted by atomic mass is 10.1. The molecule has 3 rings (SSSR count). The van der Waals surface area contributed by atoms with E-state index in [1.807, 2.05) is 6.92 Å². The lowest BCUT2D eigenvalue weighted by Gasteiger charge is -2.20. The molecule has 3 heterocycles. The van der Waals surface area contributed by atoms with E-state index >= 15 is 0 Å². The molecular formula is C24H28N6O9S. The zero-order valence-electron chi connectivity index (χ0n) is 21.8. The molecule has 214 valence electrons. The van der Waals surface area contributed by atoms with E-state index in [-0.39, 0.29) is 60.7 Å². The van der Waals surface area contributed by atoms with Crippen molar-refractivity contribution in [2.24, 2.45) is 5.16 Å². The van der Waals surface area contributed by atoms with Crippen molar-refractivity contribution < 1.29 is 43.0 Å². The minimum atomic E-state index is -1.12. The molecule has 0 aromatic carbocycles. The summed E-state index contributed by atoms with van der Waals surface area (Å²) in [5, 5.41) is 12.7. The molecule has 1 fully saturated rings. The quantitative estimate of drug-likeness (QED) is 0.111. The van der Waals surface area contributed by atoms with E-state index < -0.39 is 35.9 Å². The number of aromatic nitrogens is 1. The number of hydrogen-bond acceptors (Lipinski definition) is 13. The van der Waals surface area contributed by atoms with Crippen molar-refractivity contribution in [3.63, 3.8) is 0 Å². The third-order valence-corrected chi connectivity index (χ3v) is 5.98. The number of ether oxygens (including phenoxy) is 3. The van der Waals surface area contributed by atoms with E-state index in [4.69, 9.17) is 19.0 Å². The number of esters is 2. The second kappa shape index (κ2) is 14.0. The summed E-state index contributed by atoms with van der Waals surface area (Å²) in [5.41, 5.74) is -0.527. The van der Waals surface area contributed by atoms with E-state index in [0.717, 1.165) is 16.3 Å². The number of nitrogens with zero attached hydrogens (tertiary/aromatic N) is 4. The highest BCUT2D eigenvalue weighted by Crippen LogP contribution is 2.31. The average Bonchev–Trinajstić information content (AvgIpc) is 3.63. The Morgan fingerprint density at radius 3 is 2.58 bits per heavy atom. The lowest BCUT2D eigenvalue weighted by molar-refractivity contribution is -0.147. The van der Waals surface area contributed by atoms with Gasteiger partial charge >= 0.3 is 18.0 Å². The largest absolute Gasteiger partial charge is 0.462 e. The van der Waals surface area contributed by atoms with Crippen LogP contribution in [0.1, 0.15) is 19.0 Å². The summed E-state index contributed by atoms with van der Waals surface area (Å²) in [6.07, 6.45) is 2.54. The number of oxime groups is 1. The van der Waals surface area contributed by atoms with Crippen molar-refractivity contribution in [1.82, 2.24) is 20.3 Å². The molecule has 1 atom stereocenters. The zero-order chi connectivity index (χ0) is 29.2. The molecule has 3 amide bonds. The molecular weight excluding hydrogens is 548 g/mol. The van der Waals surface area contributed by atoms with Crippen molar-refractivity contribution in [3.8, 4) is 0 Å². The first kappa shape index (κ1) is 30.0. The number of carbonyl (C=O) groups is 5. The molecule has 0 bridgehead atoms. The fraction of sp³-hybridized carbons (Fsp3) is 0.375. The highest BCUT2D eigenvalue weighted by Gasteiger charge is 2.50. The van der Waals surface area contributed by atoms with Gasteiger partial charge in [-0.15, -0.1) is 11.3 Å². The van der Waals surface area contributed by atoms with Crippen molar-refractivity contribution in [3.05, 3.63) is 47.7 Å². The number of carbonyl (C=O) groups excluding carboxylic acids is 5. The normalized spacial score (nSPS) is 16.8. The predicted molar refractivity (Wildman–Crippen MR) is 141 cm³/mol. The molecule has 16 heteroatoms. The molecule has 0 aliphatic carbocycles. The van der Waals surface area contributed by atoms with Crippen LogP contribution in [0.25, 0.3) is 0 Å². The fourth-order valence-corrected chi connectivity index (χ4v) is 4.29. The van der Waals surface area contributed by atoms with Gasteiger partial charge in [0.1, 0.15) is 32.1 Å². The maximum absolute atomic E-state index is 13.3. The van der Waals surface area contributed by atoms with Crippen LogP contribution < -0.4 is 10.6 Å². The Kier molecular flexibility index (Phi) is 10.5. The Morgan fingerprint density at radius 2 is 1.90 bits per heavy atom. The minimum absolute atomic E-state index is 0.00337. The van der Waals surface area contributed by atoms with E-state index in [9.17, 15) is 24.0 Å². The van der Waals surface area contributed by atoms with Crippen LogP contribution in [0.2, 0.25) is 0 Å². The highest BCUT2D eigenvalue weighted by molar-refractivity contribution is 7.14. The second-order valence-electron chi connectivity index (χ2n) is 8.05. The monoisotopic (exact) mass is 576 g/mol. The Balaban J connectivity index is 1.77. The van der Waals surface area contributed by atoms with E-state index in [0.29, 0.717) is 6.42 Å². The van der Waals surface area contributed by atoms with Gasteiger partial charge in [0.15, 0.2) is 16.5 Å². The molecule has 0 radical (unpaired) electrons. The van der Waals surface area contributed by atoms with Crippen LogP contribution in [0.3, 0.4) is 0 Å². The number of hydrazine groups is 1. The number of anilines is 1. The second-order valence-corrected chi connectivity index (χ2v) is 8.90.